The van der Waals surface area contributed by atoms with Crippen LogP contribution in [-0.4, -0.2) is 42.9 Å². The van der Waals surface area contributed by atoms with E-state index in [2.05, 4.69) is 4.84 Å². The van der Waals surface area contributed by atoms with Crippen LogP contribution in [0.15, 0.2) is 36.4 Å². The smallest absolute Gasteiger partial charge is 0.313 e. The molecule has 0 aliphatic carbocycles. The van der Waals surface area contributed by atoms with Gasteiger partial charge in [-0.3, -0.25) is 4.79 Å². The molecule has 0 fully saturated rings. The van der Waals surface area contributed by atoms with Gasteiger partial charge in [-0.25, -0.2) is 0 Å². The summed E-state index contributed by atoms with van der Waals surface area (Å²) in [6.07, 6.45) is 0. The van der Waals surface area contributed by atoms with E-state index in [1.165, 1.54) is 11.8 Å². The van der Waals surface area contributed by atoms with Crippen molar-refractivity contribution in [3.8, 4) is 5.75 Å². The maximum absolute atomic E-state index is 12.2. The van der Waals surface area contributed by atoms with Crippen LogP contribution in [0, 0.1) is 10.1 Å². The third-order valence-corrected chi connectivity index (χ3v) is 4.73. The molecule has 2 rings (SSSR count). The molecule has 8 heteroatoms. The second-order valence-corrected chi connectivity index (χ2v) is 6.76. The van der Waals surface area contributed by atoms with Crippen molar-refractivity contribution in [2.45, 2.75) is 12.8 Å². The lowest BCUT2D eigenvalue weighted by Gasteiger charge is -2.13. The quantitative estimate of drug-likeness (QED) is 0.270. The van der Waals surface area contributed by atoms with E-state index >= 15 is 0 Å². The number of hydrogen-bond acceptors (Lipinski definition) is 7. The molecule has 0 spiro atoms. The predicted octanol–water partition coefficient (Wildman–Crippen LogP) is 3.44. The molecule has 0 N–H and O–H groups in total. The molecule has 0 saturated carbocycles. The SMILES string of the molecule is COc1ccc2cc([C@H](C)C(=O)OCCSCCO[N+](=O)[O-])ccc2c1. The number of esters is 1. The molecule has 0 aliphatic rings. The molecule has 0 aromatic heterocycles. The molecule has 0 amide bonds. The van der Waals surface area contributed by atoms with Crippen LogP contribution in [0.3, 0.4) is 0 Å². The monoisotopic (exact) mass is 379 g/mol. The highest BCUT2D eigenvalue weighted by molar-refractivity contribution is 7.99. The average Bonchev–Trinajstić information content (AvgIpc) is 2.65. The number of benzene rings is 2. The fourth-order valence-corrected chi connectivity index (χ4v) is 2.97. The molecule has 1 atom stereocenters. The Hall–Kier alpha value is -2.48. The van der Waals surface area contributed by atoms with Crippen LogP contribution in [0.2, 0.25) is 0 Å². The molecule has 0 unspecified atom stereocenters. The molecule has 0 saturated heterocycles. The van der Waals surface area contributed by atoms with E-state index in [9.17, 15) is 14.9 Å². The van der Waals surface area contributed by atoms with Crippen molar-refractivity contribution in [3.63, 3.8) is 0 Å². The van der Waals surface area contributed by atoms with Gasteiger partial charge in [-0.05, 0) is 35.4 Å². The van der Waals surface area contributed by atoms with Gasteiger partial charge >= 0.3 is 5.97 Å². The summed E-state index contributed by atoms with van der Waals surface area (Å²) >= 11 is 1.43. The van der Waals surface area contributed by atoms with E-state index in [0.29, 0.717) is 11.5 Å². The van der Waals surface area contributed by atoms with Crippen LogP contribution < -0.4 is 4.74 Å². The molecule has 0 aliphatic heterocycles. The van der Waals surface area contributed by atoms with Crippen LogP contribution >= 0.6 is 11.8 Å². The van der Waals surface area contributed by atoms with E-state index in [0.717, 1.165) is 22.1 Å². The van der Waals surface area contributed by atoms with Gasteiger partial charge in [0.25, 0.3) is 5.09 Å². The normalized spacial score (nSPS) is 11.8. The average molecular weight is 379 g/mol. The highest BCUT2D eigenvalue weighted by Crippen LogP contribution is 2.25. The van der Waals surface area contributed by atoms with Gasteiger partial charge in [-0.1, -0.05) is 24.3 Å². The second-order valence-electron chi connectivity index (χ2n) is 5.53. The largest absolute Gasteiger partial charge is 0.497 e. The molecule has 2 aromatic rings. The highest BCUT2D eigenvalue weighted by Gasteiger charge is 2.17. The van der Waals surface area contributed by atoms with Crippen molar-refractivity contribution in [2.24, 2.45) is 0 Å². The minimum Gasteiger partial charge on any atom is -0.497 e. The molecule has 2 aromatic carbocycles. The van der Waals surface area contributed by atoms with Gasteiger partial charge in [0, 0.05) is 11.5 Å². The summed E-state index contributed by atoms with van der Waals surface area (Å²) in [5.74, 6) is 1.17. The van der Waals surface area contributed by atoms with Crippen molar-refractivity contribution >= 4 is 28.5 Å². The fourth-order valence-electron chi connectivity index (χ4n) is 2.37. The van der Waals surface area contributed by atoms with Crippen LogP contribution in [0.5, 0.6) is 5.75 Å². The third-order valence-electron chi connectivity index (χ3n) is 3.82. The molecule has 0 heterocycles. The summed E-state index contributed by atoms with van der Waals surface area (Å²) in [7, 11) is 1.63. The highest BCUT2D eigenvalue weighted by atomic mass is 32.2. The van der Waals surface area contributed by atoms with E-state index in [-0.39, 0.29) is 25.1 Å². The number of nitrogens with zero attached hydrogens (tertiary/aromatic N) is 1. The maximum Gasteiger partial charge on any atom is 0.313 e. The zero-order chi connectivity index (χ0) is 18.9. The van der Waals surface area contributed by atoms with Gasteiger partial charge in [0.05, 0.1) is 13.0 Å². The van der Waals surface area contributed by atoms with E-state index in [4.69, 9.17) is 9.47 Å². The van der Waals surface area contributed by atoms with Gasteiger partial charge in [-0.2, -0.15) is 11.8 Å². The number of ether oxygens (including phenoxy) is 2. The number of rotatable bonds is 10. The number of methoxy groups -OCH3 is 1. The minimum atomic E-state index is -0.818. The molecule has 7 nitrogen and oxygen atoms in total. The fraction of sp³-hybridized carbons (Fsp3) is 0.389. The Morgan fingerprint density at radius 2 is 1.85 bits per heavy atom. The lowest BCUT2D eigenvalue weighted by Crippen LogP contribution is -2.15. The summed E-state index contributed by atoms with van der Waals surface area (Å²) in [6.45, 7) is 2.10. The lowest BCUT2D eigenvalue weighted by molar-refractivity contribution is -0.756. The van der Waals surface area contributed by atoms with Crippen LogP contribution in [0.1, 0.15) is 18.4 Å². The van der Waals surface area contributed by atoms with Crippen molar-refractivity contribution < 1.29 is 24.2 Å². The van der Waals surface area contributed by atoms with E-state index in [1.807, 2.05) is 43.3 Å². The standard InChI is InChI=1S/C18H21NO6S/c1-13(18(20)24-7-9-26-10-8-25-19(21)22)14-3-4-16-12-17(23-2)6-5-15(16)11-14/h3-6,11-13H,7-10H2,1-2H3/t13-/m0/s1. The third kappa shape index (κ3) is 5.80. The van der Waals surface area contributed by atoms with Crippen molar-refractivity contribution in [1.82, 2.24) is 0 Å². The molecule has 140 valence electrons. The van der Waals surface area contributed by atoms with Crippen molar-refractivity contribution in [1.29, 1.82) is 0 Å². The van der Waals surface area contributed by atoms with Crippen LogP contribution in [-0.2, 0) is 14.4 Å². The Kier molecular flexibility index (Phi) is 7.53. The first-order chi connectivity index (χ1) is 12.5. The Morgan fingerprint density at radius 1 is 1.15 bits per heavy atom. The number of thioether (sulfide) groups is 1. The van der Waals surface area contributed by atoms with Gasteiger partial charge in [0.15, 0.2) is 0 Å². The first-order valence-corrected chi connectivity index (χ1v) is 9.26. The van der Waals surface area contributed by atoms with Crippen molar-refractivity contribution in [2.75, 3.05) is 31.8 Å². The number of hydrogen-bond donors (Lipinski definition) is 0. The Bertz CT molecular complexity index is 766. The van der Waals surface area contributed by atoms with E-state index in [1.54, 1.807) is 7.11 Å². The maximum atomic E-state index is 12.2. The Balaban J connectivity index is 1.82. The first-order valence-electron chi connectivity index (χ1n) is 8.10. The first kappa shape index (κ1) is 19.8. The molecule has 26 heavy (non-hydrogen) atoms. The molecular formula is C18H21NO6S. The second kappa shape index (κ2) is 9.86. The number of carbonyl (C=O) groups is 1. The van der Waals surface area contributed by atoms with E-state index < -0.39 is 5.09 Å². The minimum absolute atomic E-state index is 0.0316. The number of fused-ring (bicyclic) bond motifs is 1. The summed E-state index contributed by atoms with van der Waals surface area (Å²) in [6, 6.07) is 11.6. The van der Waals surface area contributed by atoms with Gasteiger partial charge in [-0.15, -0.1) is 10.1 Å². The summed E-state index contributed by atoms with van der Waals surface area (Å²) in [5.41, 5.74) is 0.889. The lowest BCUT2D eigenvalue weighted by atomic mass is 9.98. The van der Waals surface area contributed by atoms with Gasteiger partial charge < -0.3 is 14.3 Å². The van der Waals surface area contributed by atoms with Crippen LogP contribution in [0.25, 0.3) is 10.8 Å². The predicted molar refractivity (Wildman–Crippen MR) is 100 cm³/mol. The molecule has 0 radical (unpaired) electrons. The van der Waals surface area contributed by atoms with Gasteiger partial charge in [0.2, 0.25) is 0 Å². The number of carbonyl (C=O) groups excluding carboxylic acids is 1. The molecule has 0 bridgehead atoms. The Labute approximate surface area is 155 Å². The van der Waals surface area contributed by atoms with Crippen LogP contribution in [0.4, 0.5) is 0 Å². The topological polar surface area (TPSA) is 87.9 Å². The zero-order valence-corrected chi connectivity index (χ0v) is 15.5. The zero-order valence-electron chi connectivity index (χ0n) is 14.7. The van der Waals surface area contributed by atoms with Crippen molar-refractivity contribution in [3.05, 3.63) is 52.1 Å². The molecular weight excluding hydrogens is 358 g/mol. The summed E-state index contributed by atoms with van der Waals surface area (Å²) < 4.78 is 10.5. The van der Waals surface area contributed by atoms with Gasteiger partial charge in [0.1, 0.15) is 19.0 Å². The Morgan fingerprint density at radius 3 is 2.58 bits per heavy atom. The summed E-state index contributed by atoms with van der Waals surface area (Å²) in [5, 5.41) is 11.3. The summed E-state index contributed by atoms with van der Waals surface area (Å²) in [4.78, 5) is 26.4.